The van der Waals surface area contributed by atoms with E-state index in [9.17, 15) is 8.42 Å². The van der Waals surface area contributed by atoms with Gasteiger partial charge in [-0.1, -0.05) is 17.7 Å². The predicted molar refractivity (Wildman–Crippen MR) is 46.7 cm³/mol. The molecule has 6 heteroatoms. The van der Waals surface area contributed by atoms with Gasteiger partial charge in [-0.05, 0) is 19.1 Å². The van der Waals surface area contributed by atoms with Crippen molar-refractivity contribution in [2.24, 2.45) is 0 Å². The molecule has 0 saturated carbocycles. The molecule has 0 aliphatic heterocycles. The highest BCUT2D eigenvalue weighted by Crippen LogP contribution is 2.08. The molecule has 1 aromatic carbocycles. The summed E-state index contributed by atoms with van der Waals surface area (Å²) in [6, 6.07) is 5.99. The summed E-state index contributed by atoms with van der Waals surface area (Å²) in [5.74, 6) is 0. The lowest BCUT2D eigenvalue weighted by Crippen LogP contribution is -1.96. The second-order valence-corrected chi connectivity index (χ2v) is 3.71. The van der Waals surface area contributed by atoms with Gasteiger partial charge in [-0.2, -0.15) is 8.42 Å². The Bertz CT molecular complexity index is 343. The average molecular weight is 204 g/mol. The zero-order chi connectivity index (χ0) is 8.48. The molecule has 0 unspecified atom stereocenters. The SMILES string of the molecule is Cc1ccc(S(=O)(=O)O)cc1.O.[N]. The molecule has 3 N–H and O–H groups in total. The standard InChI is InChI=1S/C7H8O3S.N.H2O/c1-6-2-4-7(5-3-6)11(8,9)10;;/h2-5H,1H3,(H,8,9,10);;1H2. The lowest BCUT2D eigenvalue weighted by molar-refractivity contribution is 0.483. The van der Waals surface area contributed by atoms with Crippen LogP contribution in [0.5, 0.6) is 0 Å². The minimum Gasteiger partial charge on any atom is -0.412 e. The first-order valence-electron chi connectivity index (χ1n) is 3.04. The van der Waals surface area contributed by atoms with Crippen LogP contribution in [0, 0.1) is 6.92 Å². The van der Waals surface area contributed by atoms with Gasteiger partial charge in [0.25, 0.3) is 10.1 Å². The fraction of sp³-hybridized carbons (Fsp3) is 0.143. The third-order valence-electron chi connectivity index (χ3n) is 1.32. The lowest BCUT2D eigenvalue weighted by atomic mass is 10.2. The van der Waals surface area contributed by atoms with Crippen molar-refractivity contribution in [1.82, 2.24) is 6.15 Å². The van der Waals surface area contributed by atoms with Crippen molar-refractivity contribution in [2.45, 2.75) is 11.8 Å². The molecule has 3 radical (unpaired) electrons. The molecule has 73 valence electrons. The number of aryl methyl sites for hydroxylation is 1. The molecule has 13 heavy (non-hydrogen) atoms. The highest BCUT2D eigenvalue weighted by atomic mass is 32.2. The summed E-state index contributed by atoms with van der Waals surface area (Å²) < 4.78 is 29.6. The molecule has 0 aromatic heterocycles. The third-order valence-corrected chi connectivity index (χ3v) is 2.19. The molecule has 0 heterocycles. The van der Waals surface area contributed by atoms with Gasteiger partial charge in [-0.25, -0.2) is 0 Å². The van der Waals surface area contributed by atoms with E-state index in [4.69, 9.17) is 4.55 Å². The van der Waals surface area contributed by atoms with E-state index in [2.05, 4.69) is 0 Å². The van der Waals surface area contributed by atoms with Gasteiger partial charge in [0.05, 0.1) is 4.90 Å². The molecule has 0 spiro atoms. The van der Waals surface area contributed by atoms with E-state index >= 15 is 0 Å². The predicted octanol–water partition coefficient (Wildman–Crippen LogP) is -0.0636. The van der Waals surface area contributed by atoms with Crippen LogP contribution in [0.1, 0.15) is 5.56 Å². The summed E-state index contributed by atoms with van der Waals surface area (Å²) in [5, 5.41) is 0. The zero-order valence-electron chi connectivity index (χ0n) is 6.93. The summed E-state index contributed by atoms with van der Waals surface area (Å²) in [7, 11) is -4.02. The Labute approximate surface area is 77.0 Å². The van der Waals surface area contributed by atoms with Crippen molar-refractivity contribution in [1.29, 1.82) is 0 Å². The van der Waals surface area contributed by atoms with Crippen LogP contribution >= 0.6 is 0 Å². The molecule has 0 atom stereocenters. The van der Waals surface area contributed by atoms with Crippen molar-refractivity contribution < 1.29 is 18.4 Å². The highest BCUT2D eigenvalue weighted by molar-refractivity contribution is 7.85. The van der Waals surface area contributed by atoms with Crippen molar-refractivity contribution in [2.75, 3.05) is 0 Å². The van der Waals surface area contributed by atoms with Crippen LogP contribution in [0.3, 0.4) is 0 Å². The number of benzene rings is 1. The van der Waals surface area contributed by atoms with Crippen LogP contribution in [-0.4, -0.2) is 18.4 Å². The Morgan fingerprint density at radius 1 is 1.15 bits per heavy atom. The molecule has 1 aromatic rings. The van der Waals surface area contributed by atoms with E-state index < -0.39 is 10.1 Å². The fourth-order valence-corrected chi connectivity index (χ4v) is 1.19. The molecular formula is C7H10NO4S. The first-order chi connectivity index (χ1) is 5.00. The normalized spacial score (nSPS) is 9.69. The minimum atomic E-state index is -4.02. The number of hydrogen-bond donors (Lipinski definition) is 1. The van der Waals surface area contributed by atoms with Crippen molar-refractivity contribution in [3.05, 3.63) is 29.8 Å². The molecule has 0 bridgehead atoms. The molecule has 5 nitrogen and oxygen atoms in total. The molecule has 0 saturated heterocycles. The van der Waals surface area contributed by atoms with Crippen molar-refractivity contribution in [3.8, 4) is 0 Å². The quantitative estimate of drug-likeness (QED) is 0.645. The molecule has 0 amide bonds. The van der Waals surface area contributed by atoms with E-state index in [0.29, 0.717) is 0 Å². The maximum Gasteiger partial charge on any atom is 0.294 e. The second kappa shape index (κ2) is 4.93. The Balaban J connectivity index is 0. The lowest BCUT2D eigenvalue weighted by Gasteiger charge is -1.95. The van der Waals surface area contributed by atoms with E-state index in [1.807, 2.05) is 6.92 Å². The second-order valence-electron chi connectivity index (χ2n) is 2.29. The summed E-state index contributed by atoms with van der Waals surface area (Å²) >= 11 is 0. The van der Waals surface area contributed by atoms with Crippen molar-refractivity contribution in [3.63, 3.8) is 0 Å². The monoisotopic (exact) mass is 204 g/mol. The van der Waals surface area contributed by atoms with E-state index in [0.717, 1.165) is 5.56 Å². The van der Waals surface area contributed by atoms with Crippen molar-refractivity contribution >= 4 is 10.1 Å². The van der Waals surface area contributed by atoms with Gasteiger partial charge in [0.15, 0.2) is 0 Å². The van der Waals surface area contributed by atoms with E-state index in [1.54, 1.807) is 12.1 Å². The average Bonchev–Trinajstić information content (AvgIpc) is 1.86. The fourth-order valence-electron chi connectivity index (χ4n) is 0.710. The molecule has 1 rings (SSSR count). The number of rotatable bonds is 1. The topological polar surface area (TPSA) is 116 Å². The maximum atomic E-state index is 10.5. The van der Waals surface area contributed by atoms with Crippen LogP contribution in [0.25, 0.3) is 0 Å². The number of hydrogen-bond acceptors (Lipinski definition) is 2. The summed E-state index contributed by atoms with van der Waals surface area (Å²) in [4.78, 5) is -0.0666. The first kappa shape index (κ1) is 14.6. The summed E-state index contributed by atoms with van der Waals surface area (Å²) in [6.07, 6.45) is 0. The third kappa shape index (κ3) is 4.00. The Kier molecular flexibility index (Phi) is 5.52. The van der Waals surface area contributed by atoms with Crippen LogP contribution in [0.4, 0.5) is 0 Å². The Morgan fingerprint density at radius 3 is 1.85 bits per heavy atom. The molecule has 0 fully saturated rings. The van der Waals surface area contributed by atoms with E-state index in [1.165, 1.54) is 12.1 Å². The zero-order valence-corrected chi connectivity index (χ0v) is 7.75. The number of nitrogens with zero attached hydrogens (tertiary/aromatic N) is 1. The van der Waals surface area contributed by atoms with Crippen LogP contribution in [0.2, 0.25) is 0 Å². The largest absolute Gasteiger partial charge is 0.412 e. The maximum absolute atomic E-state index is 10.5. The molecule has 0 aliphatic rings. The summed E-state index contributed by atoms with van der Waals surface area (Å²) in [5.41, 5.74) is 0.956. The minimum absolute atomic E-state index is 0. The summed E-state index contributed by atoms with van der Waals surface area (Å²) in [6.45, 7) is 1.84. The van der Waals surface area contributed by atoms with Gasteiger partial charge in [0.1, 0.15) is 0 Å². The molecule has 0 aliphatic carbocycles. The van der Waals surface area contributed by atoms with Gasteiger partial charge in [-0.15, -0.1) is 0 Å². The van der Waals surface area contributed by atoms with Gasteiger partial charge >= 0.3 is 0 Å². The van der Waals surface area contributed by atoms with Gasteiger partial charge in [-0.3, -0.25) is 4.55 Å². The first-order valence-corrected chi connectivity index (χ1v) is 4.48. The van der Waals surface area contributed by atoms with Crippen LogP contribution in [0.15, 0.2) is 29.2 Å². The van der Waals surface area contributed by atoms with Gasteiger partial charge < -0.3 is 5.48 Å². The van der Waals surface area contributed by atoms with Crippen LogP contribution < -0.4 is 6.15 Å². The van der Waals surface area contributed by atoms with Gasteiger partial charge in [0.2, 0.25) is 0 Å². The van der Waals surface area contributed by atoms with Crippen LogP contribution in [-0.2, 0) is 10.1 Å². The smallest absolute Gasteiger partial charge is 0.294 e. The Morgan fingerprint density at radius 2 is 1.54 bits per heavy atom. The molecular weight excluding hydrogens is 194 g/mol. The van der Waals surface area contributed by atoms with E-state index in [-0.39, 0.29) is 16.5 Å². The van der Waals surface area contributed by atoms with Gasteiger partial charge in [0, 0.05) is 6.15 Å². The Hall–Kier alpha value is -0.950. The highest BCUT2D eigenvalue weighted by Gasteiger charge is 2.06.